The largest absolute Gasteiger partial charge is 0.423 e. The van der Waals surface area contributed by atoms with Crippen molar-refractivity contribution in [2.75, 3.05) is 5.32 Å². The molecule has 0 aliphatic heterocycles. The number of para-hydroxylation sites is 1. The number of hydrogen-bond acceptors (Lipinski definition) is 7. The summed E-state index contributed by atoms with van der Waals surface area (Å²) in [6.45, 7) is 0. The first-order chi connectivity index (χ1) is 12.7. The Morgan fingerprint density at radius 3 is 2.69 bits per heavy atom. The minimum atomic E-state index is -0.554. The maximum atomic E-state index is 12.4. The average molecular weight is 367 g/mol. The van der Waals surface area contributed by atoms with Crippen LogP contribution in [0.2, 0.25) is 5.02 Å². The Kier molecular flexibility index (Phi) is 5.22. The van der Waals surface area contributed by atoms with Crippen molar-refractivity contribution in [3.05, 3.63) is 71.1 Å². The minimum absolute atomic E-state index is 0.140. The number of allylic oxidation sites excluding steroid dienone is 1. The van der Waals surface area contributed by atoms with Crippen molar-refractivity contribution >= 4 is 28.8 Å². The van der Waals surface area contributed by atoms with Crippen molar-refractivity contribution in [1.82, 2.24) is 20.6 Å². The van der Waals surface area contributed by atoms with Crippen LogP contribution in [-0.2, 0) is 0 Å². The second-order valence-corrected chi connectivity index (χ2v) is 5.38. The van der Waals surface area contributed by atoms with Crippen LogP contribution >= 0.6 is 11.6 Å². The van der Waals surface area contributed by atoms with Crippen molar-refractivity contribution in [2.45, 2.75) is 0 Å². The van der Waals surface area contributed by atoms with E-state index in [2.05, 4.69) is 25.9 Å². The van der Waals surface area contributed by atoms with E-state index in [1.807, 2.05) is 6.07 Å². The molecule has 3 aromatic rings. The van der Waals surface area contributed by atoms with Crippen molar-refractivity contribution in [1.29, 1.82) is 5.26 Å². The molecule has 0 unspecified atom stereocenters. The van der Waals surface area contributed by atoms with Gasteiger partial charge in [0.05, 0.1) is 11.3 Å². The summed E-state index contributed by atoms with van der Waals surface area (Å²) in [5.74, 6) is -0.0441. The number of carbonyl (C=O) groups is 1. The summed E-state index contributed by atoms with van der Waals surface area (Å²) in [5, 5.41) is 25.8. The van der Waals surface area contributed by atoms with Gasteiger partial charge in [0.1, 0.15) is 17.4 Å². The lowest BCUT2D eigenvalue weighted by molar-refractivity contribution is 0.0736. The number of rotatable bonds is 5. The molecule has 1 aromatic heterocycles. The van der Waals surface area contributed by atoms with E-state index in [4.69, 9.17) is 16.3 Å². The summed E-state index contributed by atoms with van der Waals surface area (Å²) >= 11 is 5.82. The number of hydrogen-bond donors (Lipinski definition) is 2. The van der Waals surface area contributed by atoms with E-state index in [1.165, 1.54) is 6.20 Å². The molecule has 128 valence electrons. The Bertz CT molecular complexity index is 977. The van der Waals surface area contributed by atoms with Crippen molar-refractivity contribution in [3.8, 4) is 11.8 Å². The topological polar surface area (TPSA) is 117 Å². The molecule has 1 heterocycles. The van der Waals surface area contributed by atoms with E-state index in [-0.39, 0.29) is 11.4 Å². The monoisotopic (exact) mass is 366 g/mol. The third-order valence-corrected chi connectivity index (χ3v) is 3.50. The third-order valence-electron chi connectivity index (χ3n) is 3.25. The molecule has 2 N–H and O–H groups in total. The number of anilines is 1. The molecule has 0 radical (unpaired) electrons. The van der Waals surface area contributed by atoms with Crippen molar-refractivity contribution in [2.24, 2.45) is 0 Å². The molecule has 9 heteroatoms. The SMILES string of the molecule is N#CC(=CNc1ccccc1C(=O)Oc1ccc(Cl)cc1)c1nn[nH]n1. The van der Waals surface area contributed by atoms with Gasteiger partial charge in [-0.15, -0.1) is 10.2 Å². The van der Waals surface area contributed by atoms with E-state index < -0.39 is 5.97 Å². The first-order valence-corrected chi connectivity index (χ1v) is 7.72. The second kappa shape index (κ2) is 7.92. The quantitative estimate of drug-likeness (QED) is 0.405. The normalized spacial score (nSPS) is 10.8. The van der Waals surface area contributed by atoms with Crippen LogP contribution in [0.1, 0.15) is 16.2 Å². The van der Waals surface area contributed by atoms with Gasteiger partial charge in [0.25, 0.3) is 0 Å². The molecule has 0 aliphatic carbocycles. The number of carbonyl (C=O) groups excluding carboxylic acids is 1. The van der Waals surface area contributed by atoms with E-state index in [0.29, 0.717) is 22.0 Å². The smallest absolute Gasteiger partial charge is 0.345 e. The summed E-state index contributed by atoms with van der Waals surface area (Å²) in [6.07, 6.45) is 1.39. The fourth-order valence-corrected chi connectivity index (χ4v) is 2.15. The van der Waals surface area contributed by atoms with E-state index >= 15 is 0 Å². The zero-order valence-electron chi connectivity index (χ0n) is 13.2. The van der Waals surface area contributed by atoms with E-state index in [0.717, 1.165) is 0 Å². The van der Waals surface area contributed by atoms with Crippen LogP contribution in [0.5, 0.6) is 5.75 Å². The van der Waals surface area contributed by atoms with Crippen LogP contribution in [-0.4, -0.2) is 26.6 Å². The van der Waals surface area contributed by atoms with Crippen LogP contribution in [0.15, 0.2) is 54.7 Å². The molecule has 0 spiro atoms. The third kappa shape index (κ3) is 4.03. The average Bonchev–Trinajstić information content (AvgIpc) is 3.19. The van der Waals surface area contributed by atoms with Crippen LogP contribution in [0.3, 0.4) is 0 Å². The fraction of sp³-hybridized carbons (Fsp3) is 0. The molecule has 8 nitrogen and oxygen atoms in total. The van der Waals surface area contributed by atoms with Crippen LogP contribution in [0.4, 0.5) is 5.69 Å². The Morgan fingerprint density at radius 2 is 2.00 bits per heavy atom. The number of tetrazole rings is 1. The number of benzene rings is 2. The van der Waals surface area contributed by atoms with Crippen molar-refractivity contribution < 1.29 is 9.53 Å². The second-order valence-electron chi connectivity index (χ2n) is 4.94. The first kappa shape index (κ1) is 17.1. The van der Waals surface area contributed by atoms with Crippen LogP contribution in [0, 0.1) is 11.3 Å². The number of nitriles is 1. The number of esters is 1. The molecule has 26 heavy (non-hydrogen) atoms. The number of H-pyrrole nitrogens is 1. The highest BCUT2D eigenvalue weighted by Gasteiger charge is 2.14. The minimum Gasteiger partial charge on any atom is -0.423 e. The van der Waals surface area contributed by atoms with E-state index in [9.17, 15) is 10.1 Å². The highest BCUT2D eigenvalue weighted by atomic mass is 35.5. The van der Waals surface area contributed by atoms with Gasteiger partial charge < -0.3 is 10.1 Å². The van der Waals surface area contributed by atoms with E-state index in [1.54, 1.807) is 48.5 Å². The summed E-state index contributed by atoms with van der Waals surface area (Å²) in [6, 6.07) is 15.1. The number of aromatic nitrogens is 4. The maximum absolute atomic E-state index is 12.4. The molecule has 0 amide bonds. The van der Waals surface area contributed by atoms with Crippen LogP contribution in [0.25, 0.3) is 5.57 Å². The predicted molar refractivity (Wildman–Crippen MR) is 94.2 cm³/mol. The van der Waals surface area contributed by atoms with Crippen molar-refractivity contribution in [3.63, 3.8) is 0 Å². The van der Waals surface area contributed by atoms with Gasteiger partial charge in [-0.2, -0.15) is 10.5 Å². The fourth-order valence-electron chi connectivity index (χ4n) is 2.02. The number of nitrogens with zero attached hydrogens (tertiary/aromatic N) is 4. The molecule has 0 atom stereocenters. The Hall–Kier alpha value is -3.70. The molecule has 0 saturated heterocycles. The first-order valence-electron chi connectivity index (χ1n) is 7.35. The molecule has 3 rings (SSSR count). The highest BCUT2D eigenvalue weighted by Crippen LogP contribution is 2.21. The lowest BCUT2D eigenvalue weighted by Crippen LogP contribution is -2.11. The van der Waals surface area contributed by atoms with Gasteiger partial charge in [-0.25, -0.2) is 4.79 Å². The number of aromatic amines is 1. The standard InChI is InChI=1S/C17H11ClN6O2/c18-12-5-7-13(8-6-12)26-17(25)14-3-1-2-4-15(14)20-10-11(9-19)16-21-23-24-22-16/h1-8,10,20H,(H,21,22,23,24). The predicted octanol–water partition coefficient (Wildman–Crippen LogP) is 3.05. The molecule has 0 saturated carbocycles. The van der Waals surface area contributed by atoms with Gasteiger partial charge in [-0.05, 0) is 41.6 Å². The molecule has 0 fully saturated rings. The van der Waals surface area contributed by atoms with Gasteiger partial charge in [0, 0.05) is 11.2 Å². The summed E-state index contributed by atoms with van der Waals surface area (Å²) < 4.78 is 5.34. The molecule has 0 bridgehead atoms. The van der Waals surface area contributed by atoms with Gasteiger partial charge in [-0.1, -0.05) is 23.7 Å². The Morgan fingerprint density at radius 1 is 1.23 bits per heavy atom. The number of nitrogens with one attached hydrogen (secondary N) is 2. The maximum Gasteiger partial charge on any atom is 0.345 e. The lowest BCUT2D eigenvalue weighted by atomic mass is 10.1. The zero-order valence-corrected chi connectivity index (χ0v) is 13.9. The highest BCUT2D eigenvalue weighted by molar-refractivity contribution is 6.30. The molecule has 0 aliphatic rings. The molecule has 2 aromatic carbocycles. The van der Waals surface area contributed by atoms with Crippen LogP contribution < -0.4 is 10.1 Å². The molecular formula is C17H11ClN6O2. The summed E-state index contributed by atoms with van der Waals surface area (Å²) in [5.41, 5.74) is 0.909. The zero-order chi connectivity index (χ0) is 18.4. The van der Waals surface area contributed by atoms with Gasteiger partial charge in [-0.3, -0.25) is 0 Å². The lowest BCUT2D eigenvalue weighted by Gasteiger charge is -2.09. The van der Waals surface area contributed by atoms with Gasteiger partial charge in [0.15, 0.2) is 0 Å². The summed E-state index contributed by atoms with van der Waals surface area (Å²) in [4.78, 5) is 12.4. The summed E-state index contributed by atoms with van der Waals surface area (Å²) in [7, 11) is 0. The Balaban J connectivity index is 1.80. The number of ether oxygens (including phenoxy) is 1. The van der Waals surface area contributed by atoms with Gasteiger partial charge >= 0.3 is 5.97 Å². The Labute approximate surface area is 153 Å². The molecular weight excluding hydrogens is 356 g/mol. The van der Waals surface area contributed by atoms with Gasteiger partial charge in [0.2, 0.25) is 5.82 Å². The number of halogens is 1.